The Balaban J connectivity index is 1.31. The third-order valence-electron chi connectivity index (χ3n) is 9.20. The summed E-state index contributed by atoms with van der Waals surface area (Å²) in [7, 11) is -1.81. The molecular formula is C40H58O2P+. The molecule has 3 heteroatoms. The summed E-state index contributed by atoms with van der Waals surface area (Å²) in [5.41, 5.74) is 0. The molecule has 0 radical (unpaired) electrons. The average molecular weight is 602 g/mol. The van der Waals surface area contributed by atoms with Gasteiger partial charge in [0.05, 0.1) is 18.4 Å². The Morgan fingerprint density at radius 2 is 0.837 bits per heavy atom. The summed E-state index contributed by atoms with van der Waals surface area (Å²) < 4.78 is 13.0. The van der Waals surface area contributed by atoms with E-state index < -0.39 is 13.0 Å². The van der Waals surface area contributed by atoms with Crippen LogP contribution in [-0.4, -0.2) is 24.2 Å². The first-order valence-corrected chi connectivity index (χ1v) is 19.4. The van der Waals surface area contributed by atoms with Crippen molar-refractivity contribution in [2.75, 3.05) is 6.16 Å². The molecule has 1 aliphatic heterocycles. The van der Waals surface area contributed by atoms with Crippen LogP contribution in [0.15, 0.2) is 91.0 Å². The zero-order valence-corrected chi connectivity index (χ0v) is 28.3. The van der Waals surface area contributed by atoms with E-state index in [0.717, 1.165) is 25.4 Å². The first kappa shape index (κ1) is 33.9. The van der Waals surface area contributed by atoms with Crippen molar-refractivity contribution in [3.63, 3.8) is 0 Å². The van der Waals surface area contributed by atoms with Gasteiger partial charge in [0.1, 0.15) is 23.2 Å². The maximum absolute atomic E-state index is 6.54. The Bertz CT molecular complexity index is 1030. The summed E-state index contributed by atoms with van der Waals surface area (Å²) >= 11 is 0. The second-order valence-electron chi connectivity index (χ2n) is 13.1. The maximum atomic E-state index is 6.54. The van der Waals surface area contributed by atoms with Crippen molar-refractivity contribution in [2.45, 2.75) is 135 Å². The fourth-order valence-electron chi connectivity index (χ4n) is 7.00. The smallest absolute Gasteiger partial charge is 0.163 e. The first-order valence-electron chi connectivity index (χ1n) is 17.5. The highest BCUT2D eigenvalue weighted by Crippen LogP contribution is 2.56. The molecule has 0 spiro atoms. The van der Waals surface area contributed by atoms with Crippen molar-refractivity contribution in [2.24, 2.45) is 0 Å². The van der Waals surface area contributed by atoms with E-state index in [4.69, 9.17) is 9.47 Å². The van der Waals surface area contributed by atoms with Gasteiger partial charge in [-0.1, -0.05) is 139 Å². The molecule has 0 N–H and O–H groups in total. The third kappa shape index (κ3) is 10.3. The van der Waals surface area contributed by atoms with E-state index in [-0.39, 0.29) is 12.2 Å². The minimum absolute atomic E-state index is 0.173. The normalized spacial score (nSPS) is 18.2. The Morgan fingerprint density at radius 3 is 1.23 bits per heavy atom. The van der Waals surface area contributed by atoms with Crippen LogP contribution in [0.4, 0.5) is 0 Å². The van der Waals surface area contributed by atoms with E-state index >= 15 is 0 Å². The fraction of sp³-hybridized carbons (Fsp3) is 0.550. The zero-order valence-electron chi connectivity index (χ0n) is 27.4. The van der Waals surface area contributed by atoms with Crippen molar-refractivity contribution >= 4 is 23.2 Å². The van der Waals surface area contributed by atoms with Crippen LogP contribution in [0.25, 0.3) is 0 Å². The van der Waals surface area contributed by atoms with Gasteiger partial charge in [-0.3, -0.25) is 0 Å². The molecule has 0 aromatic heterocycles. The van der Waals surface area contributed by atoms with E-state index in [9.17, 15) is 0 Å². The molecule has 0 aliphatic carbocycles. The van der Waals surface area contributed by atoms with E-state index in [0.29, 0.717) is 0 Å². The topological polar surface area (TPSA) is 18.5 Å². The van der Waals surface area contributed by atoms with Crippen molar-refractivity contribution in [1.29, 1.82) is 0 Å². The molecule has 1 aliphatic rings. The molecule has 2 nitrogen and oxygen atoms in total. The SMILES string of the molecule is CCCCCCCCCCCCCC[C@H]1OC(C)(C)O[C@@H]1CCC[P+](c1ccccc1)(c1ccccc1)c1ccccc1. The highest BCUT2D eigenvalue weighted by molar-refractivity contribution is 7.95. The van der Waals surface area contributed by atoms with Gasteiger partial charge in [0.25, 0.3) is 0 Å². The largest absolute Gasteiger partial charge is 0.345 e. The monoisotopic (exact) mass is 601 g/mol. The van der Waals surface area contributed by atoms with Crippen LogP contribution in [-0.2, 0) is 9.47 Å². The van der Waals surface area contributed by atoms with Crippen LogP contribution >= 0.6 is 7.26 Å². The molecule has 0 saturated carbocycles. The Hall–Kier alpha value is -1.99. The summed E-state index contributed by atoms with van der Waals surface area (Å²) in [6.07, 6.45) is 21.4. The van der Waals surface area contributed by atoms with Gasteiger partial charge in [0, 0.05) is 0 Å². The summed E-state index contributed by atoms with van der Waals surface area (Å²) in [5.74, 6) is -0.489. The summed E-state index contributed by atoms with van der Waals surface area (Å²) in [4.78, 5) is 0. The molecule has 3 aromatic rings. The first-order chi connectivity index (χ1) is 21.0. The maximum Gasteiger partial charge on any atom is 0.163 e. The van der Waals surface area contributed by atoms with E-state index in [1.165, 1.54) is 93.0 Å². The molecule has 3 aromatic carbocycles. The van der Waals surface area contributed by atoms with Gasteiger partial charge in [-0.05, 0) is 69.5 Å². The molecule has 234 valence electrons. The molecule has 1 saturated heterocycles. The van der Waals surface area contributed by atoms with Crippen molar-refractivity contribution in [3.05, 3.63) is 91.0 Å². The number of benzene rings is 3. The molecule has 43 heavy (non-hydrogen) atoms. The van der Waals surface area contributed by atoms with Crippen LogP contribution in [0.3, 0.4) is 0 Å². The standard InChI is InChI=1S/C40H58O2P/c1-4-5-6-7-8-9-10-11-12-13-14-24-32-38-39(42-40(2,3)41-38)33-25-34-43(35-26-18-15-19-27-35,36-28-20-16-21-29-36)37-30-22-17-23-31-37/h15-23,26-31,38-39H,4-14,24-25,32-34H2,1-3H3/q+1/t38-,39-/m1/s1. The highest BCUT2D eigenvalue weighted by atomic mass is 31.2. The predicted molar refractivity (Wildman–Crippen MR) is 189 cm³/mol. The van der Waals surface area contributed by atoms with Crippen LogP contribution in [0.1, 0.15) is 117 Å². The van der Waals surface area contributed by atoms with E-state index in [1.54, 1.807) is 0 Å². The molecule has 0 amide bonds. The van der Waals surface area contributed by atoms with Gasteiger partial charge in [-0.15, -0.1) is 0 Å². The summed E-state index contributed by atoms with van der Waals surface area (Å²) in [5, 5.41) is 4.39. The van der Waals surface area contributed by atoms with Crippen molar-refractivity contribution in [3.8, 4) is 0 Å². The molecule has 1 heterocycles. The van der Waals surface area contributed by atoms with Crippen LogP contribution in [0, 0.1) is 0 Å². The van der Waals surface area contributed by atoms with Gasteiger partial charge >= 0.3 is 0 Å². The van der Waals surface area contributed by atoms with Gasteiger partial charge in [0.15, 0.2) is 5.79 Å². The lowest BCUT2D eigenvalue weighted by molar-refractivity contribution is -0.147. The molecule has 0 bridgehead atoms. The quantitative estimate of drug-likeness (QED) is 0.0947. The summed E-state index contributed by atoms with van der Waals surface area (Å²) in [6.45, 7) is 6.48. The minimum atomic E-state index is -1.81. The third-order valence-corrected chi connectivity index (χ3v) is 13.7. The lowest BCUT2D eigenvalue weighted by Crippen LogP contribution is -2.34. The van der Waals surface area contributed by atoms with Crippen LogP contribution in [0.5, 0.6) is 0 Å². The molecule has 2 atom stereocenters. The number of hydrogen-bond acceptors (Lipinski definition) is 2. The van der Waals surface area contributed by atoms with E-state index in [1.807, 2.05) is 0 Å². The molecule has 0 unspecified atom stereocenters. The van der Waals surface area contributed by atoms with Crippen LogP contribution in [0.2, 0.25) is 0 Å². The van der Waals surface area contributed by atoms with Crippen molar-refractivity contribution in [1.82, 2.24) is 0 Å². The number of hydrogen-bond donors (Lipinski definition) is 0. The minimum Gasteiger partial charge on any atom is -0.345 e. The van der Waals surface area contributed by atoms with Gasteiger partial charge in [-0.2, -0.15) is 0 Å². The second-order valence-corrected chi connectivity index (χ2v) is 16.7. The molecule has 1 fully saturated rings. The fourth-order valence-corrected chi connectivity index (χ4v) is 11.4. The lowest BCUT2D eigenvalue weighted by Gasteiger charge is -2.28. The Kier molecular flexibility index (Phi) is 14.3. The number of unbranched alkanes of at least 4 members (excludes halogenated alkanes) is 11. The van der Waals surface area contributed by atoms with Crippen molar-refractivity contribution < 1.29 is 9.47 Å². The lowest BCUT2D eigenvalue weighted by atomic mass is 10.0. The summed E-state index contributed by atoms with van der Waals surface area (Å²) in [6, 6.07) is 33.7. The highest BCUT2D eigenvalue weighted by Gasteiger charge is 2.46. The number of ether oxygens (including phenoxy) is 2. The Morgan fingerprint density at radius 1 is 0.488 bits per heavy atom. The zero-order chi connectivity index (χ0) is 30.2. The number of rotatable bonds is 20. The van der Waals surface area contributed by atoms with E-state index in [2.05, 4.69) is 112 Å². The predicted octanol–water partition coefficient (Wildman–Crippen LogP) is 10.4. The van der Waals surface area contributed by atoms with Gasteiger partial charge < -0.3 is 9.47 Å². The Labute approximate surface area is 264 Å². The average Bonchev–Trinajstić information content (AvgIpc) is 3.34. The van der Waals surface area contributed by atoms with Gasteiger partial charge in [0.2, 0.25) is 0 Å². The van der Waals surface area contributed by atoms with Crippen LogP contribution < -0.4 is 15.9 Å². The van der Waals surface area contributed by atoms with Gasteiger partial charge in [-0.25, -0.2) is 0 Å². The molecular weight excluding hydrogens is 543 g/mol. The second kappa shape index (κ2) is 18.1. The molecule has 4 rings (SSSR count).